The topological polar surface area (TPSA) is 140 Å². The van der Waals surface area contributed by atoms with E-state index in [1.807, 2.05) is 0 Å². The molecule has 9 nitrogen and oxygen atoms in total. The summed E-state index contributed by atoms with van der Waals surface area (Å²) in [6.45, 7) is -0.816. The van der Waals surface area contributed by atoms with E-state index in [0.717, 1.165) is 0 Å². The van der Waals surface area contributed by atoms with Gasteiger partial charge in [-0.3, -0.25) is 26.2 Å². The van der Waals surface area contributed by atoms with E-state index in [0.29, 0.717) is 16.7 Å². The average molecular weight is 360 g/mol. The minimum absolute atomic E-state index is 0.254. The maximum Gasteiger partial charge on any atom is 0.302 e. The predicted molar refractivity (Wildman–Crippen MR) is 73.1 cm³/mol. The molecule has 0 saturated carbocycles. The summed E-state index contributed by atoms with van der Waals surface area (Å²) in [7, 11) is 0. The molecule has 120 valence electrons. The first-order chi connectivity index (χ1) is 9.90. The van der Waals surface area contributed by atoms with Crippen molar-refractivity contribution < 1.29 is 38.8 Å². The molecule has 0 heterocycles. The molecule has 1 rings (SSSR count). The molecule has 0 aliphatic heterocycles. The van der Waals surface area contributed by atoms with Crippen LogP contribution in [0.25, 0.3) is 0 Å². The number of hydrogen-bond donors (Lipinski definition) is 3. The molecule has 21 heavy (non-hydrogen) atoms. The molecular formula is C9H12O9S3. The Labute approximate surface area is 128 Å². The molecule has 0 bridgehead atoms. The highest BCUT2D eigenvalue weighted by Crippen LogP contribution is 2.19. The van der Waals surface area contributed by atoms with Crippen molar-refractivity contribution in [2.75, 3.05) is 0 Å². The van der Waals surface area contributed by atoms with Gasteiger partial charge in [-0.1, -0.05) is 18.2 Å². The van der Waals surface area contributed by atoms with Crippen LogP contribution in [0.5, 0.6) is 0 Å². The van der Waals surface area contributed by atoms with Gasteiger partial charge in [0.05, 0.1) is 19.8 Å². The Morgan fingerprint density at radius 3 is 1.52 bits per heavy atom. The second-order valence-electron chi connectivity index (χ2n) is 3.49. The van der Waals surface area contributed by atoms with E-state index in [9.17, 15) is 12.6 Å². The summed E-state index contributed by atoms with van der Waals surface area (Å²) in [5.41, 5.74) is 1.18. The summed E-state index contributed by atoms with van der Waals surface area (Å²) in [6.07, 6.45) is 0. The molecule has 0 aliphatic carbocycles. The highest BCUT2D eigenvalue weighted by molar-refractivity contribution is 7.74. The summed E-state index contributed by atoms with van der Waals surface area (Å²) in [4.78, 5) is 0. The lowest BCUT2D eigenvalue weighted by molar-refractivity contribution is 0.268. The summed E-state index contributed by atoms with van der Waals surface area (Å²) in [5.74, 6) is 0. The van der Waals surface area contributed by atoms with Crippen LogP contribution in [0, 0.1) is 0 Å². The number of hydrogen-bond acceptors (Lipinski definition) is 6. The van der Waals surface area contributed by atoms with Gasteiger partial charge in [0.2, 0.25) is 0 Å². The largest absolute Gasteiger partial charge is 0.302 e. The van der Waals surface area contributed by atoms with E-state index in [4.69, 9.17) is 13.7 Å². The Bertz CT molecular complexity index is 511. The zero-order chi connectivity index (χ0) is 15.8. The molecule has 0 amide bonds. The van der Waals surface area contributed by atoms with Crippen LogP contribution in [0.1, 0.15) is 16.7 Å². The van der Waals surface area contributed by atoms with Crippen molar-refractivity contribution in [3.8, 4) is 0 Å². The highest BCUT2D eigenvalue weighted by Gasteiger charge is 2.12. The van der Waals surface area contributed by atoms with E-state index in [2.05, 4.69) is 12.5 Å². The maximum atomic E-state index is 10.6. The second kappa shape index (κ2) is 9.45. The van der Waals surface area contributed by atoms with Gasteiger partial charge in [-0.25, -0.2) is 0 Å². The van der Waals surface area contributed by atoms with E-state index in [1.165, 1.54) is 0 Å². The summed E-state index contributed by atoms with van der Waals surface area (Å²) in [6, 6.07) is 4.66. The normalized spacial score (nSPS) is 15.6. The van der Waals surface area contributed by atoms with Gasteiger partial charge in [-0.05, 0) is 16.7 Å². The standard InChI is InChI=1S/C9H12O9S3/c10-19(11)16-4-7-2-1-3-8(5-17-20(12)13)9(7)6-18-21(14)15/h1-3H,4-6H2,(H,10,11)(H,12,13)(H,14,15). The fraction of sp³-hybridized carbons (Fsp3) is 0.333. The van der Waals surface area contributed by atoms with E-state index in [1.54, 1.807) is 18.2 Å². The van der Waals surface area contributed by atoms with Gasteiger partial charge in [-0.2, -0.15) is 12.6 Å². The van der Waals surface area contributed by atoms with Crippen molar-refractivity contribution >= 4 is 34.1 Å². The zero-order valence-corrected chi connectivity index (χ0v) is 12.8. The van der Waals surface area contributed by atoms with Crippen molar-refractivity contribution in [2.45, 2.75) is 19.8 Å². The van der Waals surface area contributed by atoms with Gasteiger partial charge in [0, 0.05) is 0 Å². The van der Waals surface area contributed by atoms with Crippen LogP contribution < -0.4 is 0 Å². The average Bonchev–Trinajstić information content (AvgIpc) is 2.40. The SMILES string of the molecule is O=S(O)OCc1cccc(COS(=O)O)c1COS(=O)O. The molecule has 1 aromatic rings. The first-order valence-corrected chi connectivity index (χ1v) is 8.31. The van der Waals surface area contributed by atoms with Gasteiger partial charge < -0.3 is 0 Å². The molecular weight excluding hydrogens is 348 g/mol. The molecule has 0 radical (unpaired) electrons. The third-order valence-electron chi connectivity index (χ3n) is 2.30. The molecule has 3 unspecified atom stereocenters. The Morgan fingerprint density at radius 1 is 0.762 bits per heavy atom. The lowest BCUT2D eigenvalue weighted by atomic mass is 10.0. The molecule has 0 spiro atoms. The van der Waals surface area contributed by atoms with Gasteiger partial charge in [-0.15, -0.1) is 0 Å². The Hall–Kier alpha value is -0.570. The number of rotatable bonds is 9. The molecule has 3 atom stereocenters. The van der Waals surface area contributed by atoms with Crippen LogP contribution in [0.15, 0.2) is 18.2 Å². The third kappa shape index (κ3) is 7.30. The van der Waals surface area contributed by atoms with E-state index < -0.39 is 34.1 Å². The summed E-state index contributed by atoms with van der Waals surface area (Å²) in [5, 5.41) is 0. The van der Waals surface area contributed by atoms with Gasteiger partial charge in [0.15, 0.2) is 0 Å². The van der Waals surface area contributed by atoms with Crippen molar-refractivity contribution in [1.82, 2.24) is 0 Å². The van der Waals surface area contributed by atoms with E-state index in [-0.39, 0.29) is 19.8 Å². The summed E-state index contributed by atoms with van der Waals surface area (Å²) >= 11 is -7.46. The van der Waals surface area contributed by atoms with Gasteiger partial charge >= 0.3 is 34.1 Å². The summed E-state index contributed by atoms with van der Waals surface area (Å²) < 4.78 is 71.1. The molecule has 3 N–H and O–H groups in total. The third-order valence-corrected chi connectivity index (χ3v) is 3.26. The van der Waals surface area contributed by atoms with Crippen LogP contribution >= 0.6 is 0 Å². The Morgan fingerprint density at radius 2 is 1.14 bits per heavy atom. The fourth-order valence-electron chi connectivity index (χ4n) is 1.48. The molecule has 0 fully saturated rings. The Kier molecular flexibility index (Phi) is 8.31. The zero-order valence-electron chi connectivity index (χ0n) is 10.4. The van der Waals surface area contributed by atoms with Crippen LogP contribution in [-0.4, -0.2) is 26.3 Å². The van der Waals surface area contributed by atoms with Crippen molar-refractivity contribution in [2.24, 2.45) is 0 Å². The Balaban J connectivity index is 2.97. The first-order valence-electron chi connectivity index (χ1n) is 5.22. The molecule has 0 saturated heterocycles. The minimum atomic E-state index is -2.51. The highest BCUT2D eigenvalue weighted by atomic mass is 32.2. The van der Waals surface area contributed by atoms with Crippen LogP contribution in [-0.2, 0) is 66.5 Å². The lowest BCUT2D eigenvalue weighted by Gasteiger charge is -2.13. The number of benzene rings is 1. The maximum absolute atomic E-state index is 10.6. The second-order valence-corrected chi connectivity index (χ2v) is 5.50. The molecule has 0 aliphatic rings. The van der Waals surface area contributed by atoms with Crippen LogP contribution in [0.2, 0.25) is 0 Å². The smallest absolute Gasteiger partial charge is 0.284 e. The van der Waals surface area contributed by atoms with Crippen molar-refractivity contribution in [3.63, 3.8) is 0 Å². The van der Waals surface area contributed by atoms with E-state index >= 15 is 0 Å². The first kappa shape index (κ1) is 18.5. The van der Waals surface area contributed by atoms with Crippen molar-refractivity contribution in [1.29, 1.82) is 0 Å². The predicted octanol–water partition coefficient (Wildman–Crippen LogP) is 0.647. The fourth-order valence-corrected chi connectivity index (χ4v) is 2.16. The monoisotopic (exact) mass is 360 g/mol. The van der Waals surface area contributed by atoms with Crippen LogP contribution in [0.3, 0.4) is 0 Å². The molecule has 0 aromatic heterocycles. The minimum Gasteiger partial charge on any atom is -0.284 e. The van der Waals surface area contributed by atoms with Gasteiger partial charge in [0.25, 0.3) is 0 Å². The van der Waals surface area contributed by atoms with Crippen LogP contribution in [0.4, 0.5) is 0 Å². The van der Waals surface area contributed by atoms with Crippen molar-refractivity contribution in [3.05, 3.63) is 34.9 Å². The lowest BCUT2D eigenvalue weighted by Crippen LogP contribution is -2.08. The molecule has 1 aromatic carbocycles. The quantitative estimate of drug-likeness (QED) is 0.541. The molecule has 12 heteroatoms. The van der Waals surface area contributed by atoms with Gasteiger partial charge in [0.1, 0.15) is 0 Å².